The Morgan fingerprint density at radius 3 is 2.75 bits per heavy atom. The minimum absolute atomic E-state index is 0.0853. The molecule has 1 amide bonds. The monoisotopic (exact) mass is 381 g/mol. The van der Waals surface area contributed by atoms with Gasteiger partial charge in [0.25, 0.3) is 5.69 Å². The Labute approximate surface area is 158 Å². The minimum Gasteiger partial charge on any atom is -0.504 e. The summed E-state index contributed by atoms with van der Waals surface area (Å²) in [6.07, 6.45) is 4.34. The molecule has 0 bridgehead atoms. The highest BCUT2D eigenvalue weighted by molar-refractivity contribution is 5.95. The summed E-state index contributed by atoms with van der Waals surface area (Å²) < 4.78 is 0. The Morgan fingerprint density at radius 2 is 2.07 bits per heavy atom. The average Bonchev–Trinajstić information content (AvgIpc) is 2.66. The van der Waals surface area contributed by atoms with Crippen LogP contribution < -0.4 is 5.32 Å². The summed E-state index contributed by atoms with van der Waals surface area (Å²) in [6, 6.07) is 5.35. The van der Waals surface area contributed by atoms with E-state index in [-0.39, 0.29) is 11.4 Å². The first kappa shape index (κ1) is 18.7. The number of nitrogens with one attached hydrogen (secondary N) is 1. The number of hydrogen-bond acceptors (Lipinski definition) is 8. The number of aryl methyl sites for hydroxylation is 1. The molecule has 0 unspecified atom stereocenters. The van der Waals surface area contributed by atoms with Crippen molar-refractivity contribution in [1.82, 2.24) is 15.0 Å². The van der Waals surface area contributed by atoms with Crippen molar-refractivity contribution in [1.29, 1.82) is 0 Å². The predicted octanol–water partition coefficient (Wildman–Crippen LogP) is 2.35. The summed E-state index contributed by atoms with van der Waals surface area (Å²) in [7, 11) is 0. The van der Waals surface area contributed by atoms with Crippen molar-refractivity contribution >= 4 is 17.4 Å². The van der Waals surface area contributed by atoms with Crippen molar-refractivity contribution in [3.63, 3.8) is 0 Å². The van der Waals surface area contributed by atoms with Crippen LogP contribution in [0.15, 0.2) is 42.9 Å². The van der Waals surface area contributed by atoms with Gasteiger partial charge in [-0.25, -0.2) is 9.97 Å². The van der Waals surface area contributed by atoms with Gasteiger partial charge in [-0.2, -0.15) is 0 Å². The molecule has 0 fully saturated rings. The molecule has 3 aromatic rings. The van der Waals surface area contributed by atoms with E-state index in [1.807, 2.05) is 0 Å². The fraction of sp³-hybridized carbons (Fsp3) is 0.111. The molecule has 0 saturated carbocycles. The van der Waals surface area contributed by atoms with Crippen LogP contribution in [0, 0.1) is 17.0 Å². The summed E-state index contributed by atoms with van der Waals surface area (Å²) in [5.41, 5.74) is 0.705. The lowest BCUT2D eigenvalue weighted by Crippen LogP contribution is -2.17. The smallest absolute Gasteiger partial charge is 0.273 e. The van der Waals surface area contributed by atoms with Crippen LogP contribution in [-0.2, 0) is 11.2 Å². The van der Waals surface area contributed by atoms with Crippen LogP contribution in [0.25, 0.3) is 11.1 Å². The molecule has 1 aromatic carbocycles. The molecule has 0 radical (unpaired) electrons. The van der Waals surface area contributed by atoms with Crippen LogP contribution >= 0.6 is 0 Å². The van der Waals surface area contributed by atoms with Crippen molar-refractivity contribution in [2.75, 3.05) is 5.32 Å². The quantitative estimate of drug-likeness (QED) is 0.346. The third kappa shape index (κ3) is 4.01. The van der Waals surface area contributed by atoms with E-state index < -0.39 is 34.4 Å². The number of nitro benzene ring substituents is 1. The van der Waals surface area contributed by atoms with E-state index in [2.05, 4.69) is 20.3 Å². The second-order valence-electron chi connectivity index (χ2n) is 5.88. The van der Waals surface area contributed by atoms with Crippen molar-refractivity contribution in [3.8, 4) is 22.6 Å². The number of carbonyl (C=O) groups is 1. The number of pyridine rings is 1. The van der Waals surface area contributed by atoms with Gasteiger partial charge in [-0.15, -0.1) is 0 Å². The van der Waals surface area contributed by atoms with Crippen molar-refractivity contribution < 1.29 is 19.9 Å². The highest BCUT2D eigenvalue weighted by atomic mass is 16.6. The van der Waals surface area contributed by atoms with Crippen LogP contribution in [0.3, 0.4) is 0 Å². The number of hydrogen-bond donors (Lipinski definition) is 3. The predicted molar refractivity (Wildman–Crippen MR) is 98.8 cm³/mol. The van der Waals surface area contributed by atoms with Gasteiger partial charge in [-0.3, -0.25) is 19.9 Å². The van der Waals surface area contributed by atoms with Crippen LogP contribution in [0.2, 0.25) is 0 Å². The molecule has 142 valence electrons. The molecule has 0 spiro atoms. The number of nitro groups is 1. The zero-order valence-electron chi connectivity index (χ0n) is 14.7. The van der Waals surface area contributed by atoms with Gasteiger partial charge in [-0.05, 0) is 13.0 Å². The van der Waals surface area contributed by atoms with Crippen LogP contribution in [0.1, 0.15) is 11.4 Å². The second kappa shape index (κ2) is 7.66. The van der Waals surface area contributed by atoms with E-state index in [4.69, 9.17) is 0 Å². The van der Waals surface area contributed by atoms with Crippen molar-refractivity contribution in [2.24, 2.45) is 0 Å². The number of anilines is 1. The summed E-state index contributed by atoms with van der Waals surface area (Å²) in [5.74, 6) is -1.19. The number of nitrogens with zero attached hydrogens (tertiary/aromatic N) is 4. The summed E-state index contributed by atoms with van der Waals surface area (Å²) in [4.78, 5) is 35.0. The van der Waals surface area contributed by atoms with E-state index in [1.54, 1.807) is 37.6 Å². The molecule has 0 aliphatic carbocycles. The first-order valence-electron chi connectivity index (χ1n) is 8.08. The summed E-state index contributed by atoms with van der Waals surface area (Å²) >= 11 is 0. The highest BCUT2D eigenvalue weighted by Gasteiger charge is 2.19. The molecule has 0 aliphatic rings. The number of non-ortho nitro benzene ring substituents is 1. The second-order valence-corrected chi connectivity index (χ2v) is 5.88. The topological polar surface area (TPSA) is 151 Å². The average molecular weight is 381 g/mol. The van der Waals surface area contributed by atoms with E-state index in [0.717, 1.165) is 12.1 Å². The number of aromatic nitrogens is 3. The van der Waals surface area contributed by atoms with Gasteiger partial charge in [0.1, 0.15) is 11.6 Å². The largest absolute Gasteiger partial charge is 0.504 e. The zero-order valence-corrected chi connectivity index (χ0v) is 14.7. The van der Waals surface area contributed by atoms with Gasteiger partial charge < -0.3 is 15.5 Å². The van der Waals surface area contributed by atoms with Gasteiger partial charge in [-0.1, -0.05) is 6.07 Å². The minimum atomic E-state index is -0.727. The zero-order chi connectivity index (χ0) is 20.3. The van der Waals surface area contributed by atoms with Gasteiger partial charge in [0.05, 0.1) is 17.4 Å². The summed E-state index contributed by atoms with van der Waals surface area (Å²) in [5, 5.41) is 33.1. The van der Waals surface area contributed by atoms with Crippen molar-refractivity contribution in [2.45, 2.75) is 13.3 Å². The molecule has 10 heteroatoms. The Morgan fingerprint density at radius 1 is 1.29 bits per heavy atom. The standard InChI is InChI=1S/C18H15N5O5/c1-10-20-9-14(11-3-2-4-19-8-11)18(21-10)22-16(25)6-12-5-13(23(27)28)7-15(24)17(12)26/h2-5,7-9,24,26H,6H2,1H3,(H,20,21,22,25). The molecule has 2 aromatic heterocycles. The number of carbonyl (C=O) groups excluding carboxylic acids is 1. The van der Waals surface area contributed by atoms with Crippen LogP contribution in [0.5, 0.6) is 11.5 Å². The van der Waals surface area contributed by atoms with E-state index in [1.165, 1.54) is 0 Å². The number of phenolic OH excluding ortho intramolecular Hbond substituents is 2. The van der Waals surface area contributed by atoms with Gasteiger partial charge in [0.2, 0.25) is 5.91 Å². The van der Waals surface area contributed by atoms with Crippen LogP contribution in [-0.4, -0.2) is 36.0 Å². The molecular formula is C18H15N5O5. The Kier molecular flexibility index (Phi) is 5.12. The Balaban J connectivity index is 1.89. The molecule has 0 aliphatic heterocycles. The van der Waals surface area contributed by atoms with Gasteiger partial charge in [0.15, 0.2) is 11.5 Å². The molecule has 2 heterocycles. The lowest BCUT2D eigenvalue weighted by Gasteiger charge is -2.11. The fourth-order valence-corrected chi connectivity index (χ4v) is 2.55. The molecule has 10 nitrogen and oxygen atoms in total. The first-order valence-corrected chi connectivity index (χ1v) is 8.08. The van der Waals surface area contributed by atoms with Crippen molar-refractivity contribution in [3.05, 3.63) is 64.4 Å². The number of aromatic hydroxyl groups is 2. The molecule has 3 N–H and O–H groups in total. The molecule has 0 saturated heterocycles. The van der Waals surface area contributed by atoms with E-state index in [0.29, 0.717) is 17.0 Å². The normalized spacial score (nSPS) is 10.5. The molecule has 3 rings (SSSR count). The molecule has 0 atom stereocenters. The maximum Gasteiger partial charge on any atom is 0.273 e. The SMILES string of the molecule is Cc1ncc(-c2cccnc2)c(NC(=O)Cc2cc([N+](=O)[O-])cc(O)c2O)n1. The molecule has 28 heavy (non-hydrogen) atoms. The number of phenols is 2. The molecular weight excluding hydrogens is 366 g/mol. The van der Waals surface area contributed by atoms with Crippen LogP contribution in [0.4, 0.5) is 11.5 Å². The van der Waals surface area contributed by atoms with E-state index in [9.17, 15) is 25.1 Å². The fourth-order valence-electron chi connectivity index (χ4n) is 2.55. The van der Waals surface area contributed by atoms with Gasteiger partial charge >= 0.3 is 0 Å². The number of benzene rings is 1. The maximum absolute atomic E-state index is 12.5. The van der Waals surface area contributed by atoms with Gasteiger partial charge in [0, 0.05) is 41.3 Å². The highest BCUT2D eigenvalue weighted by Crippen LogP contribution is 2.34. The lowest BCUT2D eigenvalue weighted by molar-refractivity contribution is -0.385. The lowest BCUT2D eigenvalue weighted by atomic mass is 10.1. The number of amides is 1. The third-order valence-electron chi connectivity index (χ3n) is 3.85. The number of rotatable bonds is 5. The Hall–Kier alpha value is -4.08. The summed E-state index contributed by atoms with van der Waals surface area (Å²) in [6.45, 7) is 1.66. The third-order valence-corrected chi connectivity index (χ3v) is 3.85. The maximum atomic E-state index is 12.5. The first-order chi connectivity index (χ1) is 13.3. The Bertz CT molecular complexity index is 1060. The van der Waals surface area contributed by atoms with E-state index >= 15 is 0 Å².